The number of anilines is 4. The van der Waals surface area contributed by atoms with Crippen molar-refractivity contribution in [1.82, 2.24) is 25.1 Å². The summed E-state index contributed by atoms with van der Waals surface area (Å²) < 4.78 is 0. The molecule has 0 bridgehead atoms. The fourth-order valence-corrected chi connectivity index (χ4v) is 3.48. The maximum Gasteiger partial charge on any atom is 0.229 e. The van der Waals surface area contributed by atoms with Crippen molar-refractivity contribution in [1.29, 1.82) is 0 Å². The van der Waals surface area contributed by atoms with Crippen molar-refractivity contribution in [3.8, 4) is 0 Å². The van der Waals surface area contributed by atoms with Crippen LogP contribution in [0.5, 0.6) is 0 Å². The van der Waals surface area contributed by atoms with E-state index >= 15 is 0 Å². The Hall–Kier alpha value is -3.11. The van der Waals surface area contributed by atoms with E-state index in [0.717, 1.165) is 37.1 Å². The average molecular weight is 425 g/mol. The van der Waals surface area contributed by atoms with Gasteiger partial charge in [0.25, 0.3) is 0 Å². The largest absolute Gasteiger partial charge is 0.393 e. The number of rotatable bonds is 6. The van der Waals surface area contributed by atoms with Crippen molar-refractivity contribution in [2.45, 2.75) is 51.9 Å². The normalized spacial score (nSPS) is 16.0. The molecule has 1 saturated heterocycles. The van der Waals surface area contributed by atoms with Gasteiger partial charge in [-0.2, -0.15) is 0 Å². The van der Waals surface area contributed by atoms with E-state index in [1.807, 2.05) is 26.0 Å². The lowest BCUT2D eigenvalue weighted by molar-refractivity contribution is 0.145. The number of piperidine rings is 1. The van der Waals surface area contributed by atoms with Gasteiger partial charge in [0.2, 0.25) is 5.95 Å². The summed E-state index contributed by atoms with van der Waals surface area (Å²) in [5.41, 5.74) is 1.22. The van der Waals surface area contributed by atoms with Crippen LogP contribution in [0.2, 0.25) is 0 Å². The first-order valence-corrected chi connectivity index (χ1v) is 10.5. The zero-order valence-electron chi connectivity index (χ0n) is 17.9. The van der Waals surface area contributed by atoms with Crippen molar-refractivity contribution in [2.24, 2.45) is 0 Å². The highest BCUT2D eigenvalue weighted by atomic mass is 16.3. The minimum Gasteiger partial charge on any atom is -0.393 e. The molecule has 4 N–H and O–H groups in total. The molecule has 0 amide bonds. The van der Waals surface area contributed by atoms with Crippen LogP contribution in [0.4, 0.5) is 23.4 Å². The highest BCUT2D eigenvalue weighted by Crippen LogP contribution is 2.26. The molecule has 1 atom stereocenters. The number of aromatic nitrogens is 5. The molecule has 4 heterocycles. The number of nitrogens with one attached hydrogen (secondary N) is 2. The molecular weight excluding hydrogens is 396 g/mol. The van der Waals surface area contributed by atoms with E-state index in [4.69, 9.17) is 0 Å². The van der Waals surface area contributed by atoms with Crippen LogP contribution in [-0.2, 0) is 0 Å². The molecule has 0 spiro atoms. The predicted octanol–water partition coefficient (Wildman–Crippen LogP) is 2.39. The average Bonchev–Trinajstić information content (AvgIpc) is 2.74. The van der Waals surface area contributed by atoms with Crippen molar-refractivity contribution in [2.75, 3.05) is 28.6 Å². The van der Waals surface area contributed by atoms with Crippen LogP contribution in [0.25, 0.3) is 10.9 Å². The Morgan fingerprint density at radius 3 is 2.52 bits per heavy atom. The summed E-state index contributed by atoms with van der Waals surface area (Å²) in [4.78, 5) is 15.6. The van der Waals surface area contributed by atoms with Gasteiger partial charge in [0.1, 0.15) is 5.52 Å². The molecule has 1 unspecified atom stereocenters. The molecule has 3 aromatic rings. The van der Waals surface area contributed by atoms with Crippen molar-refractivity contribution in [3.63, 3.8) is 0 Å². The molecule has 0 aliphatic carbocycles. The Morgan fingerprint density at radius 1 is 1.10 bits per heavy atom. The maximum absolute atomic E-state index is 9.95. The van der Waals surface area contributed by atoms with Crippen LogP contribution in [0.3, 0.4) is 0 Å². The number of nitrogens with zero attached hydrogens (tertiary/aromatic N) is 6. The van der Waals surface area contributed by atoms with Crippen molar-refractivity contribution in [3.05, 3.63) is 30.1 Å². The van der Waals surface area contributed by atoms with E-state index in [1.165, 1.54) is 0 Å². The van der Waals surface area contributed by atoms with Gasteiger partial charge in [-0.05, 0) is 51.8 Å². The Bertz CT molecular complexity index is 1030. The molecule has 4 rings (SSSR count). The molecule has 1 aliphatic heterocycles. The van der Waals surface area contributed by atoms with Crippen LogP contribution < -0.4 is 15.5 Å². The first kappa shape index (κ1) is 21.1. The summed E-state index contributed by atoms with van der Waals surface area (Å²) >= 11 is 0. The van der Waals surface area contributed by atoms with E-state index in [2.05, 4.69) is 40.7 Å². The van der Waals surface area contributed by atoms with Gasteiger partial charge >= 0.3 is 0 Å². The number of aliphatic hydroxyl groups excluding tert-OH is 2. The summed E-state index contributed by atoms with van der Waals surface area (Å²) in [7, 11) is 0. The van der Waals surface area contributed by atoms with Gasteiger partial charge in [-0.3, -0.25) is 0 Å². The third-order valence-electron chi connectivity index (χ3n) is 5.12. The topological polar surface area (TPSA) is 132 Å². The summed E-state index contributed by atoms with van der Waals surface area (Å²) in [6.07, 6.45) is 2.27. The summed E-state index contributed by atoms with van der Waals surface area (Å²) in [6.45, 7) is 7.25. The van der Waals surface area contributed by atoms with Gasteiger partial charge in [0.15, 0.2) is 17.5 Å². The molecule has 0 saturated carbocycles. The fraction of sp³-hybridized carbons (Fsp3) is 0.476. The highest BCUT2D eigenvalue weighted by molar-refractivity contribution is 5.89. The zero-order valence-corrected chi connectivity index (χ0v) is 17.9. The van der Waals surface area contributed by atoms with E-state index in [9.17, 15) is 10.2 Å². The van der Waals surface area contributed by atoms with E-state index in [0.29, 0.717) is 28.8 Å². The van der Waals surface area contributed by atoms with Gasteiger partial charge in [0.05, 0.1) is 17.9 Å². The van der Waals surface area contributed by atoms with Crippen LogP contribution in [-0.4, -0.2) is 60.6 Å². The van der Waals surface area contributed by atoms with Gasteiger partial charge in [-0.15, -0.1) is 10.2 Å². The second-order valence-electron chi connectivity index (χ2n) is 8.12. The Balaban J connectivity index is 1.56. The van der Waals surface area contributed by atoms with E-state index < -0.39 is 6.10 Å². The number of fused-ring (bicyclic) bond motifs is 1. The van der Waals surface area contributed by atoms with Gasteiger partial charge < -0.3 is 25.7 Å². The monoisotopic (exact) mass is 424 g/mol. The standard InChI is InChI=1S/C21H28N8O2/c1-12(2)23-20-19-14(10-16(24-20)13(3)30)11-22-21(26-19)25-17-4-5-18(28-27-17)29-8-6-15(31)7-9-29/h4-5,10-13,15,30-31H,6-9H2,1-3H3,(H,23,24)(H,22,25,26,27). The van der Waals surface area contributed by atoms with Crippen molar-refractivity contribution < 1.29 is 10.2 Å². The SMILES string of the molecule is CC(C)Nc1nc(C(C)O)cc2cnc(Nc3ccc(N4CCC(O)CC4)nn3)nc12. The van der Waals surface area contributed by atoms with Crippen molar-refractivity contribution >= 4 is 34.3 Å². The van der Waals surface area contributed by atoms with Gasteiger partial charge in [-0.25, -0.2) is 15.0 Å². The smallest absolute Gasteiger partial charge is 0.229 e. The number of pyridine rings is 1. The van der Waals surface area contributed by atoms with Crippen LogP contribution in [0, 0.1) is 0 Å². The Labute approximate surface area is 180 Å². The lowest BCUT2D eigenvalue weighted by Gasteiger charge is -2.30. The lowest BCUT2D eigenvalue weighted by Crippen LogP contribution is -2.36. The maximum atomic E-state index is 9.95. The second-order valence-corrected chi connectivity index (χ2v) is 8.12. The molecule has 31 heavy (non-hydrogen) atoms. The molecule has 1 fully saturated rings. The minimum absolute atomic E-state index is 0.153. The number of hydrogen-bond donors (Lipinski definition) is 4. The summed E-state index contributed by atoms with van der Waals surface area (Å²) in [6, 6.07) is 5.68. The molecule has 3 aromatic heterocycles. The zero-order chi connectivity index (χ0) is 22.0. The molecule has 164 valence electrons. The molecule has 10 nitrogen and oxygen atoms in total. The van der Waals surface area contributed by atoms with Gasteiger partial charge in [-0.1, -0.05) is 0 Å². The van der Waals surface area contributed by atoms with E-state index in [-0.39, 0.29) is 12.1 Å². The fourth-order valence-electron chi connectivity index (χ4n) is 3.48. The molecule has 10 heteroatoms. The first-order chi connectivity index (χ1) is 14.9. The Kier molecular flexibility index (Phi) is 6.10. The predicted molar refractivity (Wildman–Crippen MR) is 119 cm³/mol. The van der Waals surface area contributed by atoms with E-state index in [1.54, 1.807) is 19.2 Å². The summed E-state index contributed by atoms with van der Waals surface area (Å²) in [5.74, 6) is 2.30. The molecule has 0 aromatic carbocycles. The molecule has 0 radical (unpaired) electrons. The third-order valence-corrected chi connectivity index (χ3v) is 5.12. The van der Waals surface area contributed by atoms with Crippen LogP contribution in [0.15, 0.2) is 24.4 Å². The molecular formula is C21H28N8O2. The number of aliphatic hydroxyl groups is 2. The lowest BCUT2D eigenvalue weighted by atomic mass is 10.1. The number of hydrogen-bond acceptors (Lipinski definition) is 10. The van der Waals surface area contributed by atoms with Gasteiger partial charge in [0, 0.05) is 30.7 Å². The summed E-state index contributed by atoms with van der Waals surface area (Å²) in [5, 5.41) is 35.3. The minimum atomic E-state index is -0.688. The Morgan fingerprint density at radius 2 is 1.87 bits per heavy atom. The third kappa shape index (κ3) is 4.97. The van der Waals surface area contributed by atoms with Crippen LogP contribution >= 0.6 is 0 Å². The highest BCUT2D eigenvalue weighted by Gasteiger charge is 2.18. The molecule has 1 aliphatic rings. The first-order valence-electron chi connectivity index (χ1n) is 10.5. The second kappa shape index (κ2) is 8.94. The van der Waals surface area contributed by atoms with Crippen LogP contribution in [0.1, 0.15) is 45.4 Å². The quantitative estimate of drug-likeness (QED) is 0.467.